The van der Waals surface area contributed by atoms with Crippen molar-refractivity contribution in [2.75, 3.05) is 6.54 Å². The quantitative estimate of drug-likeness (QED) is 0.897. The number of carboxylic acid groups (broad SMARTS) is 1. The van der Waals surface area contributed by atoms with Crippen molar-refractivity contribution < 1.29 is 9.90 Å². The van der Waals surface area contributed by atoms with Crippen LogP contribution in [0, 0.1) is 0 Å². The van der Waals surface area contributed by atoms with Crippen LogP contribution in [0.1, 0.15) is 5.56 Å². The Morgan fingerprint density at radius 2 is 1.70 bits per heavy atom. The van der Waals surface area contributed by atoms with E-state index in [2.05, 4.69) is 29.6 Å². The Morgan fingerprint density at radius 3 is 2.40 bits per heavy atom. The summed E-state index contributed by atoms with van der Waals surface area (Å²) in [6.07, 6.45) is 1.78. The highest BCUT2D eigenvalue weighted by atomic mass is 16.4. The summed E-state index contributed by atoms with van der Waals surface area (Å²) in [5, 5.41) is 12.0. The molecule has 20 heavy (non-hydrogen) atoms. The number of carboxylic acids is 1. The van der Waals surface area contributed by atoms with E-state index < -0.39 is 12.0 Å². The van der Waals surface area contributed by atoms with Crippen LogP contribution in [-0.2, 0) is 4.79 Å². The minimum absolute atomic E-state index is 0.578. The molecule has 2 aromatic carbocycles. The molecule has 0 saturated heterocycles. The second-order valence-corrected chi connectivity index (χ2v) is 4.84. The maximum absolute atomic E-state index is 11.0. The van der Waals surface area contributed by atoms with Gasteiger partial charge in [0.15, 0.2) is 0 Å². The van der Waals surface area contributed by atoms with Crippen molar-refractivity contribution in [3.05, 3.63) is 66.2 Å². The van der Waals surface area contributed by atoms with E-state index in [0.29, 0.717) is 6.54 Å². The van der Waals surface area contributed by atoms with Crippen LogP contribution in [0.25, 0.3) is 16.7 Å². The first-order chi connectivity index (χ1) is 9.74. The molecule has 2 N–H and O–H groups in total. The van der Waals surface area contributed by atoms with Gasteiger partial charge in [0.25, 0.3) is 0 Å². The maximum Gasteiger partial charge on any atom is 0.324 e. The van der Waals surface area contributed by atoms with Crippen LogP contribution in [0.4, 0.5) is 0 Å². The number of aliphatic carboxylic acids is 1. The van der Waals surface area contributed by atoms with Gasteiger partial charge in [0.2, 0.25) is 0 Å². The normalized spacial score (nSPS) is 17.8. The summed E-state index contributed by atoms with van der Waals surface area (Å²) in [7, 11) is 0. The van der Waals surface area contributed by atoms with Gasteiger partial charge in [0, 0.05) is 6.54 Å². The zero-order valence-corrected chi connectivity index (χ0v) is 10.9. The van der Waals surface area contributed by atoms with E-state index >= 15 is 0 Å². The summed E-state index contributed by atoms with van der Waals surface area (Å²) in [6.45, 7) is 0.592. The SMILES string of the molecule is O=C(O)[C@H]1C=C(c2cccc(-c3ccccc3)c2)CN1. The van der Waals surface area contributed by atoms with Gasteiger partial charge >= 0.3 is 5.97 Å². The molecule has 0 spiro atoms. The fraction of sp³-hybridized carbons (Fsp3) is 0.118. The van der Waals surface area contributed by atoms with Crippen molar-refractivity contribution in [3.8, 4) is 11.1 Å². The molecule has 0 amide bonds. The van der Waals surface area contributed by atoms with Gasteiger partial charge in [-0.25, -0.2) is 0 Å². The third kappa shape index (κ3) is 2.49. The molecule has 1 heterocycles. The summed E-state index contributed by atoms with van der Waals surface area (Å²) in [5.74, 6) is -0.834. The number of benzene rings is 2. The van der Waals surface area contributed by atoms with Crippen molar-refractivity contribution >= 4 is 11.5 Å². The van der Waals surface area contributed by atoms with E-state index in [0.717, 1.165) is 22.3 Å². The van der Waals surface area contributed by atoms with Crippen molar-refractivity contribution in [3.63, 3.8) is 0 Å². The molecule has 1 aliphatic rings. The molecule has 0 radical (unpaired) electrons. The molecular formula is C17H15NO2. The van der Waals surface area contributed by atoms with Gasteiger partial charge in [-0.2, -0.15) is 0 Å². The average Bonchev–Trinajstić information content (AvgIpc) is 2.98. The Morgan fingerprint density at radius 1 is 1.00 bits per heavy atom. The molecule has 3 heteroatoms. The lowest BCUT2D eigenvalue weighted by atomic mass is 9.99. The predicted octanol–water partition coefficient (Wildman–Crippen LogP) is 2.79. The number of hydrogen-bond acceptors (Lipinski definition) is 2. The smallest absolute Gasteiger partial charge is 0.324 e. The largest absolute Gasteiger partial charge is 0.480 e. The average molecular weight is 265 g/mol. The molecule has 0 bridgehead atoms. The molecule has 0 unspecified atom stereocenters. The van der Waals surface area contributed by atoms with Crippen LogP contribution < -0.4 is 5.32 Å². The van der Waals surface area contributed by atoms with Crippen molar-refractivity contribution in [2.45, 2.75) is 6.04 Å². The molecule has 0 aliphatic carbocycles. The number of carbonyl (C=O) groups is 1. The monoisotopic (exact) mass is 265 g/mol. The van der Waals surface area contributed by atoms with E-state index in [9.17, 15) is 4.79 Å². The molecule has 1 aliphatic heterocycles. The summed E-state index contributed by atoms with van der Waals surface area (Å²) in [6, 6.07) is 17.8. The van der Waals surface area contributed by atoms with Crippen molar-refractivity contribution in [1.29, 1.82) is 0 Å². The number of nitrogens with one attached hydrogen (secondary N) is 1. The minimum atomic E-state index is -0.834. The fourth-order valence-electron chi connectivity index (χ4n) is 2.42. The topological polar surface area (TPSA) is 49.3 Å². The summed E-state index contributed by atoms with van der Waals surface area (Å²) in [5.41, 5.74) is 4.41. The first-order valence-electron chi connectivity index (χ1n) is 6.57. The van der Waals surface area contributed by atoms with Crippen LogP contribution in [0.5, 0.6) is 0 Å². The van der Waals surface area contributed by atoms with Crippen LogP contribution >= 0.6 is 0 Å². The third-order valence-corrected chi connectivity index (χ3v) is 3.49. The van der Waals surface area contributed by atoms with Gasteiger partial charge in [-0.05, 0) is 28.3 Å². The lowest BCUT2D eigenvalue weighted by molar-refractivity contribution is -0.137. The van der Waals surface area contributed by atoms with E-state index in [4.69, 9.17) is 5.11 Å². The molecule has 3 rings (SSSR count). The Balaban J connectivity index is 1.93. The lowest BCUT2D eigenvalue weighted by Crippen LogP contribution is -2.30. The van der Waals surface area contributed by atoms with Gasteiger partial charge in [0.1, 0.15) is 6.04 Å². The second-order valence-electron chi connectivity index (χ2n) is 4.84. The van der Waals surface area contributed by atoms with Gasteiger partial charge in [-0.1, -0.05) is 54.6 Å². The lowest BCUT2D eigenvalue weighted by Gasteiger charge is -2.06. The molecule has 0 aromatic heterocycles. The van der Waals surface area contributed by atoms with E-state index in [-0.39, 0.29) is 0 Å². The number of rotatable bonds is 3. The Kier molecular flexibility index (Phi) is 3.35. The van der Waals surface area contributed by atoms with Gasteiger partial charge in [-0.15, -0.1) is 0 Å². The first kappa shape index (κ1) is 12.6. The van der Waals surface area contributed by atoms with Crippen LogP contribution in [0.2, 0.25) is 0 Å². The van der Waals surface area contributed by atoms with Gasteiger partial charge in [0.05, 0.1) is 0 Å². The standard InChI is InChI=1S/C17H15NO2/c19-17(20)16-10-15(11-18-16)14-8-4-7-13(9-14)12-5-2-1-3-6-12/h1-10,16,18H,11H2,(H,19,20)/t16-/m1/s1. The van der Waals surface area contributed by atoms with Crippen LogP contribution in [0.3, 0.4) is 0 Å². The fourth-order valence-corrected chi connectivity index (χ4v) is 2.42. The van der Waals surface area contributed by atoms with Crippen molar-refractivity contribution in [2.24, 2.45) is 0 Å². The molecule has 100 valence electrons. The maximum atomic E-state index is 11.0. The molecule has 0 fully saturated rings. The highest BCUT2D eigenvalue weighted by Gasteiger charge is 2.21. The summed E-state index contributed by atoms with van der Waals surface area (Å²) in [4.78, 5) is 11.0. The molecule has 3 nitrogen and oxygen atoms in total. The molecular weight excluding hydrogens is 250 g/mol. The zero-order chi connectivity index (χ0) is 13.9. The Bertz CT molecular complexity index is 662. The highest BCUT2D eigenvalue weighted by Crippen LogP contribution is 2.25. The first-order valence-corrected chi connectivity index (χ1v) is 6.57. The van der Waals surface area contributed by atoms with E-state index in [1.54, 1.807) is 6.08 Å². The molecule has 2 aromatic rings. The Labute approximate surface area is 117 Å². The summed E-state index contributed by atoms with van der Waals surface area (Å²) >= 11 is 0. The van der Waals surface area contributed by atoms with E-state index in [1.807, 2.05) is 30.3 Å². The predicted molar refractivity (Wildman–Crippen MR) is 79.3 cm³/mol. The molecule has 0 saturated carbocycles. The third-order valence-electron chi connectivity index (χ3n) is 3.49. The Hall–Kier alpha value is -2.39. The van der Waals surface area contributed by atoms with Crippen LogP contribution in [0.15, 0.2) is 60.7 Å². The van der Waals surface area contributed by atoms with Crippen molar-refractivity contribution in [1.82, 2.24) is 5.32 Å². The molecule has 1 atom stereocenters. The van der Waals surface area contributed by atoms with E-state index in [1.165, 1.54) is 0 Å². The highest BCUT2D eigenvalue weighted by molar-refractivity contribution is 5.84. The number of hydrogen-bond donors (Lipinski definition) is 2. The van der Waals surface area contributed by atoms with Gasteiger partial charge in [-0.3, -0.25) is 10.1 Å². The zero-order valence-electron chi connectivity index (χ0n) is 10.9. The second kappa shape index (κ2) is 5.31. The minimum Gasteiger partial charge on any atom is -0.480 e. The summed E-state index contributed by atoms with van der Waals surface area (Å²) < 4.78 is 0. The van der Waals surface area contributed by atoms with Gasteiger partial charge < -0.3 is 5.11 Å². The van der Waals surface area contributed by atoms with Crippen LogP contribution in [-0.4, -0.2) is 23.7 Å².